The van der Waals surface area contributed by atoms with Crippen molar-refractivity contribution in [1.82, 2.24) is 15.1 Å². The molecule has 0 aliphatic carbocycles. The summed E-state index contributed by atoms with van der Waals surface area (Å²) < 4.78 is 4.71. The molecule has 5 nitrogen and oxygen atoms in total. The fraction of sp³-hybridized carbons (Fsp3) is 0.214. The SMILES string of the molecule is Cc1cc(NCCc2ncon2)c2ccccc2n1. The van der Waals surface area contributed by atoms with E-state index in [1.165, 1.54) is 6.39 Å². The molecular weight excluding hydrogens is 240 g/mol. The molecule has 0 radical (unpaired) electrons. The lowest BCUT2D eigenvalue weighted by molar-refractivity contribution is 0.410. The number of benzene rings is 1. The second-order valence-electron chi connectivity index (χ2n) is 4.35. The summed E-state index contributed by atoms with van der Waals surface area (Å²) in [5.74, 6) is 0.711. The Kier molecular flexibility index (Phi) is 3.10. The number of hydrogen-bond donors (Lipinski definition) is 1. The van der Waals surface area contributed by atoms with Crippen LogP contribution in [-0.2, 0) is 6.42 Å². The highest BCUT2D eigenvalue weighted by molar-refractivity contribution is 5.91. The average Bonchev–Trinajstić information content (AvgIpc) is 2.91. The van der Waals surface area contributed by atoms with Crippen molar-refractivity contribution in [3.63, 3.8) is 0 Å². The molecule has 5 heteroatoms. The van der Waals surface area contributed by atoms with Crippen LogP contribution in [0.4, 0.5) is 5.69 Å². The molecule has 19 heavy (non-hydrogen) atoms. The smallest absolute Gasteiger partial charge is 0.213 e. The highest BCUT2D eigenvalue weighted by Gasteiger charge is 2.04. The van der Waals surface area contributed by atoms with E-state index in [4.69, 9.17) is 4.52 Å². The Balaban J connectivity index is 1.80. The summed E-state index contributed by atoms with van der Waals surface area (Å²) in [5.41, 5.74) is 3.09. The number of nitrogens with zero attached hydrogens (tertiary/aromatic N) is 3. The van der Waals surface area contributed by atoms with Gasteiger partial charge in [-0.3, -0.25) is 4.98 Å². The molecule has 1 aromatic carbocycles. The van der Waals surface area contributed by atoms with Gasteiger partial charge in [-0.15, -0.1) is 0 Å². The van der Waals surface area contributed by atoms with Gasteiger partial charge in [-0.05, 0) is 19.1 Å². The second kappa shape index (κ2) is 5.06. The zero-order valence-electron chi connectivity index (χ0n) is 10.6. The zero-order valence-corrected chi connectivity index (χ0v) is 10.6. The number of nitrogens with one attached hydrogen (secondary N) is 1. The van der Waals surface area contributed by atoms with Gasteiger partial charge in [-0.1, -0.05) is 23.4 Å². The molecule has 3 aromatic rings. The van der Waals surface area contributed by atoms with E-state index >= 15 is 0 Å². The maximum Gasteiger partial charge on any atom is 0.213 e. The van der Waals surface area contributed by atoms with E-state index in [-0.39, 0.29) is 0 Å². The Labute approximate surface area is 110 Å². The van der Waals surface area contributed by atoms with Crippen molar-refractivity contribution < 1.29 is 4.52 Å². The number of aryl methyl sites for hydroxylation is 1. The van der Waals surface area contributed by atoms with Gasteiger partial charge in [0, 0.05) is 29.7 Å². The van der Waals surface area contributed by atoms with Gasteiger partial charge < -0.3 is 9.84 Å². The molecule has 3 rings (SSSR count). The number of fused-ring (bicyclic) bond motifs is 1. The first-order valence-electron chi connectivity index (χ1n) is 6.18. The summed E-state index contributed by atoms with van der Waals surface area (Å²) in [5, 5.41) is 8.32. The Morgan fingerprint density at radius 1 is 1.26 bits per heavy atom. The molecule has 0 amide bonds. The fourth-order valence-electron chi connectivity index (χ4n) is 2.07. The summed E-state index contributed by atoms with van der Waals surface area (Å²) in [6.07, 6.45) is 2.08. The van der Waals surface area contributed by atoms with Crippen LogP contribution in [0.1, 0.15) is 11.5 Å². The molecular formula is C14H14N4O. The van der Waals surface area contributed by atoms with Gasteiger partial charge >= 0.3 is 0 Å². The van der Waals surface area contributed by atoms with Crippen LogP contribution < -0.4 is 5.32 Å². The monoisotopic (exact) mass is 254 g/mol. The van der Waals surface area contributed by atoms with Gasteiger partial charge in [0.25, 0.3) is 0 Å². The van der Waals surface area contributed by atoms with Crippen LogP contribution in [0.15, 0.2) is 41.2 Å². The molecule has 1 N–H and O–H groups in total. The van der Waals surface area contributed by atoms with Crippen LogP contribution in [0, 0.1) is 6.92 Å². The lowest BCUT2D eigenvalue weighted by atomic mass is 10.1. The standard InChI is InChI=1S/C14H14N4O/c1-10-8-13(11-4-2-3-5-12(11)17-10)15-7-6-14-16-9-19-18-14/h2-5,8-9H,6-7H2,1H3,(H,15,17). The van der Waals surface area contributed by atoms with Crippen LogP contribution in [0.5, 0.6) is 0 Å². The Hall–Kier alpha value is -2.43. The van der Waals surface area contributed by atoms with Gasteiger partial charge in [0.05, 0.1) is 5.52 Å². The van der Waals surface area contributed by atoms with E-state index in [1.54, 1.807) is 0 Å². The van der Waals surface area contributed by atoms with Gasteiger partial charge in [0.1, 0.15) is 0 Å². The van der Waals surface area contributed by atoms with Crippen molar-refractivity contribution in [2.24, 2.45) is 0 Å². The summed E-state index contributed by atoms with van der Waals surface area (Å²) in [7, 11) is 0. The maximum atomic E-state index is 4.71. The number of hydrogen-bond acceptors (Lipinski definition) is 5. The summed E-state index contributed by atoms with van der Waals surface area (Å²) in [6, 6.07) is 10.2. The van der Waals surface area contributed by atoms with Crippen molar-refractivity contribution in [2.45, 2.75) is 13.3 Å². The van der Waals surface area contributed by atoms with Gasteiger partial charge in [0.2, 0.25) is 6.39 Å². The molecule has 0 saturated carbocycles. The van der Waals surface area contributed by atoms with Crippen molar-refractivity contribution in [3.05, 3.63) is 48.2 Å². The molecule has 2 heterocycles. The zero-order chi connectivity index (χ0) is 13.1. The molecule has 0 unspecified atom stereocenters. The molecule has 0 saturated heterocycles. The minimum absolute atomic E-state index is 0.711. The highest BCUT2D eigenvalue weighted by atomic mass is 16.5. The van der Waals surface area contributed by atoms with Crippen molar-refractivity contribution in [3.8, 4) is 0 Å². The predicted octanol–water partition coefficient (Wildman–Crippen LogP) is 2.58. The lowest BCUT2D eigenvalue weighted by Crippen LogP contribution is -2.07. The number of para-hydroxylation sites is 1. The van der Waals surface area contributed by atoms with Crippen LogP contribution >= 0.6 is 0 Å². The molecule has 0 aliphatic rings. The third kappa shape index (κ3) is 2.54. The number of aromatic nitrogens is 3. The van der Waals surface area contributed by atoms with Gasteiger partial charge in [0.15, 0.2) is 5.82 Å². The molecule has 0 aliphatic heterocycles. The van der Waals surface area contributed by atoms with Crippen LogP contribution in [0.3, 0.4) is 0 Å². The van der Waals surface area contributed by atoms with Gasteiger partial charge in [-0.2, -0.15) is 4.98 Å². The third-order valence-corrected chi connectivity index (χ3v) is 2.92. The largest absolute Gasteiger partial charge is 0.384 e. The van der Waals surface area contributed by atoms with Crippen molar-refractivity contribution >= 4 is 16.6 Å². The summed E-state index contributed by atoms with van der Waals surface area (Å²) >= 11 is 0. The number of anilines is 1. The molecule has 2 aromatic heterocycles. The van der Waals surface area contributed by atoms with E-state index in [2.05, 4.69) is 32.6 Å². The van der Waals surface area contributed by atoms with Crippen LogP contribution in [0.25, 0.3) is 10.9 Å². The maximum absolute atomic E-state index is 4.71. The first-order valence-corrected chi connectivity index (χ1v) is 6.18. The topological polar surface area (TPSA) is 63.8 Å². The Morgan fingerprint density at radius 2 is 2.16 bits per heavy atom. The fourth-order valence-corrected chi connectivity index (χ4v) is 2.07. The molecule has 0 spiro atoms. The normalized spacial score (nSPS) is 10.8. The van der Waals surface area contributed by atoms with E-state index in [1.807, 2.05) is 25.1 Å². The first-order chi connectivity index (χ1) is 9.33. The minimum Gasteiger partial charge on any atom is -0.384 e. The predicted molar refractivity (Wildman–Crippen MR) is 73.0 cm³/mol. The van der Waals surface area contributed by atoms with E-state index in [0.29, 0.717) is 5.82 Å². The van der Waals surface area contributed by atoms with Crippen LogP contribution in [-0.4, -0.2) is 21.7 Å². The molecule has 0 fully saturated rings. The van der Waals surface area contributed by atoms with Crippen LogP contribution in [0.2, 0.25) is 0 Å². The lowest BCUT2D eigenvalue weighted by Gasteiger charge is -2.09. The first kappa shape index (κ1) is 11.6. The Bertz CT molecular complexity index is 679. The number of pyridine rings is 1. The molecule has 0 bridgehead atoms. The molecule has 96 valence electrons. The van der Waals surface area contributed by atoms with Gasteiger partial charge in [-0.25, -0.2) is 0 Å². The van der Waals surface area contributed by atoms with Crippen molar-refractivity contribution in [2.75, 3.05) is 11.9 Å². The second-order valence-corrected chi connectivity index (χ2v) is 4.35. The quantitative estimate of drug-likeness (QED) is 0.775. The average molecular weight is 254 g/mol. The van der Waals surface area contributed by atoms with Crippen molar-refractivity contribution in [1.29, 1.82) is 0 Å². The summed E-state index contributed by atoms with van der Waals surface area (Å²) in [4.78, 5) is 8.51. The highest BCUT2D eigenvalue weighted by Crippen LogP contribution is 2.22. The van der Waals surface area contributed by atoms with E-state index in [9.17, 15) is 0 Å². The Morgan fingerprint density at radius 3 is 3.00 bits per heavy atom. The molecule has 0 atom stereocenters. The number of rotatable bonds is 4. The minimum atomic E-state index is 0.711. The third-order valence-electron chi connectivity index (χ3n) is 2.92. The summed E-state index contributed by atoms with van der Waals surface area (Å²) in [6.45, 7) is 2.75. The van der Waals surface area contributed by atoms with E-state index < -0.39 is 0 Å². The van der Waals surface area contributed by atoms with E-state index in [0.717, 1.165) is 35.2 Å².